The SMILES string of the molecule is CC(C)CN1C(=O)c2ccc(NC(=O)Nc3ncc(Br)cn3)cc2C1=O. The van der Waals surface area contributed by atoms with E-state index in [0.717, 1.165) is 0 Å². The Hall–Kier alpha value is -2.81. The molecule has 1 aliphatic rings. The van der Waals surface area contributed by atoms with Crippen molar-refractivity contribution >= 4 is 45.4 Å². The number of benzene rings is 1. The summed E-state index contributed by atoms with van der Waals surface area (Å²) in [5.74, 6) is -0.343. The largest absolute Gasteiger partial charge is 0.326 e. The first-order valence-electron chi connectivity index (χ1n) is 7.91. The zero-order chi connectivity index (χ0) is 18.8. The second-order valence-electron chi connectivity index (χ2n) is 6.18. The smallest absolute Gasteiger partial charge is 0.308 e. The van der Waals surface area contributed by atoms with Crippen molar-refractivity contribution in [3.05, 3.63) is 46.2 Å². The number of carbonyl (C=O) groups is 3. The number of halogens is 1. The molecule has 0 saturated heterocycles. The third-order valence-corrected chi connectivity index (χ3v) is 4.03. The third-order valence-electron chi connectivity index (χ3n) is 3.62. The molecule has 4 amide bonds. The molecule has 0 bridgehead atoms. The number of amides is 4. The second-order valence-corrected chi connectivity index (χ2v) is 7.09. The van der Waals surface area contributed by atoms with Gasteiger partial charge in [0.15, 0.2) is 0 Å². The molecule has 2 heterocycles. The summed E-state index contributed by atoms with van der Waals surface area (Å²) in [6.07, 6.45) is 3.01. The zero-order valence-electron chi connectivity index (χ0n) is 14.1. The Morgan fingerprint density at radius 2 is 1.77 bits per heavy atom. The van der Waals surface area contributed by atoms with Crippen molar-refractivity contribution in [1.82, 2.24) is 14.9 Å². The molecule has 1 aromatic carbocycles. The zero-order valence-corrected chi connectivity index (χ0v) is 15.7. The predicted molar refractivity (Wildman–Crippen MR) is 99.0 cm³/mol. The third kappa shape index (κ3) is 3.72. The first-order valence-corrected chi connectivity index (χ1v) is 8.70. The molecule has 1 aliphatic heterocycles. The van der Waals surface area contributed by atoms with E-state index in [2.05, 4.69) is 36.5 Å². The number of nitrogens with zero attached hydrogens (tertiary/aromatic N) is 3. The summed E-state index contributed by atoms with van der Waals surface area (Å²) in [5.41, 5.74) is 1.03. The number of hydrogen-bond acceptors (Lipinski definition) is 5. The maximum Gasteiger partial charge on any atom is 0.326 e. The molecule has 2 N–H and O–H groups in total. The minimum absolute atomic E-state index is 0.140. The monoisotopic (exact) mass is 417 g/mol. The second kappa shape index (κ2) is 7.20. The number of imide groups is 1. The minimum Gasteiger partial charge on any atom is -0.308 e. The van der Waals surface area contributed by atoms with Gasteiger partial charge in [0.05, 0.1) is 15.6 Å². The van der Waals surface area contributed by atoms with Crippen LogP contribution in [0.25, 0.3) is 0 Å². The van der Waals surface area contributed by atoms with Crippen LogP contribution in [0.3, 0.4) is 0 Å². The number of nitrogens with one attached hydrogen (secondary N) is 2. The van der Waals surface area contributed by atoms with Gasteiger partial charge in [0.2, 0.25) is 5.95 Å². The number of urea groups is 1. The summed E-state index contributed by atoms with van der Waals surface area (Å²) in [6.45, 7) is 4.23. The molecule has 0 aliphatic carbocycles. The van der Waals surface area contributed by atoms with Crippen molar-refractivity contribution in [3.8, 4) is 0 Å². The summed E-state index contributed by atoms with van der Waals surface area (Å²) in [4.78, 5) is 45.9. The van der Waals surface area contributed by atoms with E-state index < -0.39 is 6.03 Å². The van der Waals surface area contributed by atoms with Crippen LogP contribution >= 0.6 is 15.9 Å². The Morgan fingerprint density at radius 1 is 1.12 bits per heavy atom. The van der Waals surface area contributed by atoms with Gasteiger partial charge in [-0.3, -0.25) is 19.8 Å². The average molecular weight is 418 g/mol. The molecule has 134 valence electrons. The van der Waals surface area contributed by atoms with Crippen LogP contribution in [-0.2, 0) is 0 Å². The Morgan fingerprint density at radius 3 is 2.42 bits per heavy atom. The van der Waals surface area contributed by atoms with Crippen molar-refractivity contribution in [2.24, 2.45) is 5.92 Å². The number of fused-ring (bicyclic) bond motifs is 1. The first kappa shape index (κ1) is 18.0. The van der Waals surface area contributed by atoms with Crippen LogP contribution < -0.4 is 10.6 Å². The maximum atomic E-state index is 12.5. The Bertz CT molecular complexity index is 882. The van der Waals surface area contributed by atoms with Gasteiger partial charge >= 0.3 is 6.03 Å². The lowest BCUT2D eigenvalue weighted by atomic mass is 10.1. The number of anilines is 2. The molecule has 8 nitrogen and oxygen atoms in total. The van der Waals surface area contributed by atoms with Crippen molar-refractivity contribution in [1.29, 1.82) is 0 Å². The molecule has 0 atom stereocenters. The minimum atomic E-state index is -0.553. The fourth-order valence-electron chi connectivity index (χ4n) is 2.54. The van der Waals surface area contributed by atoms with Gasteiger partial charge in [0.25, 0.3) is 11.8 Å². The van der Waals surface area contributed by atoms with Crippen LogP contribution in [0.4, 0.5) is 16.4 Å². The molecule has 0 saturated carbocycles. The maximum absolute atomic E-state index is 12.5. The average Bonchev–Trinajstić information content (AvgIpc) is 2.81. The van der Waals surface area contributed by atoms with Gasteiger partial charge < -0.3 is 5.32 Å². The Kier molecular flexibility index (Phi) is 4.99. The van der Waals surface area contributed by atoms with Crippen molar-refractivity contribution in [2.45, 2.75) is 13.8 Å². The van der Waals surface area contributed by atoms with Gasteiger partial charge in [-0.1, -0.05) is 13.8 Å². The highest BCUT2D eigenvalue weighted by atomic mass is 79.9. The Balaban J connectivity index is 1.73. The molecule has 9 heteroatoms. The van der Waals surface area contributed by atoms with Crippen molar-refractivity contribution in [3.63, 3.8) is 0 Å². The van der Waals surface area contributed by atoms with Gasteiger partial charge in [0, 0.05) is 24.6 Å². The molecule has 3 rings (SSSR count). The summed E-state index contributed by atoms with van der Waals surface area (Å²) in [6, 6.07) is 4.06. The summed E-state index contributed by atoms with van der Waals surface area (Å²) >= 11 is 3.21. The summed E-state index contributed by atoms with van der Waals surface area (Å²) in [5, 5.41) is 5.09. The van der Waals surface area contributed by atoms with Gasteiger partial charge in [-0.15, -0.1) is 0 Å². The Labute approximate surface area is 158 Å². The van der Waals surface area contributed by atoms with E-state index in [4.69, 9.17) is 0 Å². The lowest BCUT2D eigenvalue weighted by molar-refractivity contribution is 0.0636. The lowest BCUT2D eigenvalue weighted by Crippen LogP contribution is -2.33. The molecule has 0 spiro atoms. The standard InChI is InChI=1S/C17H16BrN5O3/c1-9(2)8-23-14(24)12-4-3-11(5-13(12)15(23)25)21-17(26)22-16-19-6-10(18)7-20-16/h3-7,9H,8H2,1-2H3,(H2,19,20,21,22,26). The molecule has 2 aromatic rings. The number of rotatable bonds is 4. The van der Waals surface area contributed by atoms with E-state index in [1.54, 1.807) is 12.1 Å². The van der Waals surface area contributed by atoms with Crippen LogP contribution in [0.5, 0.6) is 0 Å². The molecule has 1 aromatic heterocycles. The number of hydrogen-bond donors (Lipinski definition) is 2. The van der Waals surface area contributed by atoms with Crippen molar-refractivity contribution < 1.29 is 14.4 Å². The molecule has 0 radical (unpaired) electrons. The van der Waals surface area contributed by atoms with E-state index in [1.165, 1.54) is 23.4 Å². The van der Waals surface area contributed by atoms with Gasteiger partial charge in [-0.25, -0.2) is 14.8 Å². The van der Waals surface area contributed by atoms with E-state index in [-0.39, 0.29) is 29.2 Å². The highest BCUT2D eigenvalue weighted by Gasteiger charge is 2.35. The van der Waals surface area contributed by atoms with Crippen LogP contribution in [0.1, 0.15) is 34.6 Å². The van der Waals surface area contributed by atoms with Crippen molar-refractivity contribution in [2.75, 3.05) is 17.2 Å². The quantitative estimate of drug-likeness (QED) is 0.743. The predicted octanol–water partition coefficient (Wildman–Crippen LogP) is 3.14. The van der Waals surface area contributed by atoms with Crippen LogP contribution in [0.15, 0.2) is 35.1 Å². The van der Waals surface area contributed by atoms with Gasteiger partial charge in [0.1, 0.15) is 0 Å². The fourth-order valence-corrected chi connectivity index (χ4v) is 2.74. The fraction of sp³-hybridized carbons (Fsp3) is 0.235. The van der Waals surface area contributed by atoms with Gasteiger partial charge in [-0.2, -0.15) is 0 Å². The van der Waals surface area contributed by atoms with E-state index in [9.17, 15) is 14.4 Å². The first-order chi connectivity index (χ1) is 12.3. The highest BCUT2D eigenvalue weighted by Crippen LogP contribution is 2.26. The van der Waals surface area contributed by atoms with Crippen LogP contribution in [0, 0.1) is 5.92 Å². The van der Waals surface area contributed by atoms with Crippen LogP contribution in [0.2, 0.25) is 0 Å². The van der Waals surface area contributed by atoms with Gasteiger partial charge in [-0.05, 0) is 40.0 Å². The van der Waals surface area contributed by atoms with E-state index in [1.807, 2.05) is 13.8 Å². The summed E-state index contributed by atoms with van der Waals surface area (Å²) < 4.78 is 0.691. The topological polar surface area (TPSA) is 104 Å². The molecule has 26 heavy (non-hydrogen) atoms. The molecular formula is C17H16BrN5O3. The number of aromatic nitrogens is 2. The molecular weight excluding hydrogens is 402 g/mol. The van der Waals surface area contributed by atoms with E-state index >= 15 is 0 Å². The normalized spacial score (nSPS) is 13.2. The molecule has 0 fully saturated rings. The lowest BCUT2D eigenvalue weighted by Gasteiger charge is -2.15. The summed E-state index contributed by atoms with van der Waals surface area (Å²) in [7, 11) is 0. The highest BCUT2D eigenvalue weighted by molar-refractivity contribution is 9.10. The van der Waals surface area contributed by atoms with Crippen LogP contribution in [-0.4, -0.2) is 39.3 Å². The molecule has 0 unspecified atom stereocenters. The number of carbonyl (C=O) groups excluding carboxylic acids is 3. The van der Waals surface area contributed by atoms with E-state index in [0.29, 0.717) is 22.3 Å².